The summed E-state index contributed by atoms with van der Waals surface area (Å²) in [6.45, 7) is 2.11. The van der Waals surface area contributed by atoms with Crippen LogP contribution in [0, 0.1) is 0 Å². The lowest BCUT2D eigenvalue weighted by Crippen LogP contribution is -1.76. The van der Waals surface area contributed by atoms with Crippen LogP contribution in [0.1, 0.15) is 6.92 Å². The van der Waals surface area contributed by atoms with Gasteiger partial charge in [0.1, 0.15) is 11.4 Å². The largest absolute Gasteiger partial charge is 0.506 e. The molecule has 110 valence electrons. The number of phenolic OH excluding ortho intramolecular Hbond substituents is 1. The summed E-state index contributed by atoms with van der Waals surface area (Å²) in [5.74, 6) is 1.12. The fourth-order valence-corrected chi connectivity index (χ4v) is 3.01. The van der Waals surface area contributed by atoms with Crippen LogP contribution in [0.3, 0.4) is 0 Å². The first-order valence-electron chi connectivity index (χ1n) is 7.14. The zero-order valence-electron chi connectivity index (χ0n) is 12.2. The van der Waals surface area contributed by atoms with Crippen LogP contribution < -0.4 is 0 Å². The molecule has 3 aromatic rings. The number of azo groups is 1. The lowest BCUT2D eigenvalue weighted by Gasteiger charge is -2.05. The second-order valence-corrected chi connectivity index (χ2v) is 6.06. The molecular weight excluding hydrogens is 292 g/mol. The molecule has 4 heteroatoms. The molecule has 0 aliphatic rings. The van der Waals surface area contributed by atoms with Gasteiger partial charge < -0.3 is 5.11 Å². The van der Waals surface area contributed by atoms with Gasteiger partial charge in [-0.15, -0.1) is 22.0 Å². The van der Waals surface area contributed by atoms with Crippen LogP contribution in [0.15, 0.2) is 75.8 Å². The lowest BCUT2D eigenvalue weighted by molar-refractivity contribution is 0.477. The Bertz CT molecular complexity index is 830. The Labute approximate surface area is 133 Å². The van der Waals surface area contributed by atoms with Gasteiger partial charge >= 0.3 is 0 Å². The first-order chi connectivity index (χ1) is 10.8. The molecule has 3 rings (SSSR count). The van der Waals surface area contributed by atoms with Crippen LogP contribution in [0.2, 0.25) is 0 Å². The highest BCUT2D eigenvalue weighted by Crippen LogP contribution is 2.37. The average Bonchev–Trinajstić information content (AvgIpc) is 2.55. The van der Waals surface area contributed by atoms with Crippen molar-refractivity contribution in [2.75, 3.05) is 5.75 Å². The minimum atomic E-state index is 0.142. The third kappa shape index (κ3) is 2.97. The molecule has 22 heavy (non-hydrogen) atoms. The highest BCUT2D eigenvalue weighted by molar-refractivity contribution is 7.99. The highest BCUT2D eigenvalue weighted by atomic mass is 32.2. The van der Waals surface area contributed by atoms with Gasteiger partial charge in [0.05, 0.1) is 5.69 Å². The molecule has 0 aliphatic heterocycles. The van der Waals surface area contributed by atoms with Gasteiger partial charge in [-0.2, -0.15) is 0 Å². The molecule has 0 aromatic heterocycles. The van der Waals surface area contributed by atoms with Gasteiger partial charge in [0.25, 0.3) is 0 Å². The van der Waals surface area contributed by atoms with Crippen molar-refractivity contribution in [2.45, 2.75) is 11.8 Å². The van der Waals surface area contributed by atoms with E-state index in [0.29, 0.717) is 5.69 Å². The van der Waals surface area contributed by atoms with Crippen molar-refractivity contribution in [3.05, 3.63) is 60.7 Å². The summed E-state index contributed by atoms with van der Waals surface area (Å²) in [6.07, 6.45) is 0. The molecule has 0 amide bonds. The minimum Gasteiger partial charge on any atom is -0.506 e. The molecule has 3 aromatic carbocycles. The Balaban J connectivity index is 2.05. The van der Waals surface area contributed by atoms with Gasteiger partial charge in [0, 0.05) is 10.3 Å². The van der Waals surface area contributed by atoms with Crippen LogP contribution in [0.4, 0.5) is 11.4 Å². The number of thioether (sulfide) groups is 1. The van der Waals surface area contributed by atoms with Crippen LogP contribution in [0.5, 0.6) is 5.75 Å². The maximum Gasteiger partial charge on any atom is 0.143 e. The van der Waals surface area contributed by atoms with Crippen LogP contribution in [-0.2, 0) is 0 Å². The van der Waals surface area contributed by atoms with E-state index in [-0.39, 0.29) is 5.75 Å². The summed E-state index contributed by atoms with van der Waals surface area (Å²) in [5, 5.41) is 20.7. The van der Waals surface area contributed by atoms with E-state index in [1.165, 1.54) is 0 Å². The molecule has 0 unspecified atom stereocenters. The fourth-order valence-electron chi connectivity index (χ4n) is 2.27. The van der Waals surface area contributed by atoms with Gasteiger partial charge in [0.2, 0.25) is 0 Å². The van der Waals surface area contributed by atoms with Crippen molar-refractivity contribution in [3.8, 4) is 5.75 Å². The van der Waals surface area contributed by atoms with E-state index in [4.69, 9.17) is 0 Å². The number of aromatic hydroxyl groups is 1. The summed E-state index contributed by atoms with van der Waals surface area (Å²) in [5.41, 5.74) is 1.33. The molecule has 0 saturated carbocycles. The van der Waals surface area contributed by atoms with E-state index >= 15 is 0 Å². The Morgan fingerprint density at radius 3 is 2.55 bits per heavy atom. The minimum absolute atomic E-state index is 0.142. The Morgan fingerprint density at radius 2 is 1.68 bits per heavy atom. The van der Waals surface area contributed by atoms with E-state index < -0.39 is 0 Å². The zero-order chi connectivity index (χ0) is 15.4. The molecule has 0 bridgehead atoms. The number of phenols is 1. The maximum absolute atomic E-state index is 10.1. The summed E-state index contributed by atoms with van der Waals surface area (Å²) in [4.78, 5) is 1.09. The second kappa shape index (κ2) is 6.62. The molecule has 1 N–H and O–H groups in total. The molecule has 3 nitrogen and oxygen atoms in total. The van der Waals surface area contributed by atoms with Crippen molar-refractivity contribution in [3.63, 3.8) is 0 Å². The zero-order valence-corrected chi connectivity index (χ0v) is 13.0. The quantitative estimate of drug-likeness (QED) is 0.469. The number of hydrogen-bond donors (Lipinski definition) is 1. The third-order valence-electron chi connectivity index (χ3n) is 3.30. The lowest BCUT2D eigenvalue weighted by atomic mass is 10.1. The number of benzene rings is 3. The molecular formula is C18H16N2OS. The van der Waals surface area contributed by atoms with Crippen molar-refractivity contribution in [1.82, 2.24) is 0 Å². The smallest absolute Gasteiger partial charge is 0.143 e. The maximum atomic E-state index is 10.1. The van der Waals surface area contributed by atoms with E-state index in [1.807, 2.05) is 54.6 Å². The van der Waals surface area contributed by atoms with Crippen LogP contribution in [-0.4, -0.2) is 10.9 Å². The Kier molecular flexibility index (Phi) is 4.39. The normalized spacial score (nSPS) is 11.3. The summed E-state index contributed by atoms with van der Waals surface area (Å²) >= 11 is 1.73. The second-order valence-electron chi connectivity index (χ2n) is 4.76. The van der Waals surface area contributed by atoms with Crippen molar-refractivity contribution in [1.29, 1.82) is 0 Å². The van der Waals surface area contributed by atoms with E-state index in [0.717, 1.165) is 27.1 Å². The van der Waals surface area contributed by atoms with Crippen molar-refractivity contribution in [2.24, 2.45) is 10.2 Å². The van der Waals surface area contributed by atoms with Crippen LogP contribution >= 0.6 is 11.8 Å². The van der Waals surface area contributed by atoms with Gasteiger partial charge in [0.15, 0.2) is 0 Å². The van der Waals surface area contributed by atoms with Crippen molar-refractivity contribution >= 4 is 33.9 Å². The summed E-state index contributed by atoms with van der Waals surface area (Å²) in [6, 6.07) is 19.3. The SMILES string of the molecule is CCSc1ccccc1N=Nc1c(O)ccc2ccccc12. The molecule has 0 atom stereocenters. The highest BCUT2D eigenvalue weighted by Gasteiger charge is 2.06. The third-order valence-corrected chi connectivity index (χ3v) is 4.25. The van der Waals surface area contributed by atoms with Crippen LogP contribution in [0.25, 0.3) is 10.8 Å². The molecule has 0 fully saturated rings. The Morgan fingerprint density at radius 1 is 0.909 bits per heavy atom. The number of nitrogens with zero attached hydrogens (tertiary/aromatic N) is 2. The summed E-state index contributed by atoms with van der Waals surface area (Å²) < 4.78 is 0. The van der Waals surface area contributed by atoms with E-state index in [2.05, 4.69) is 17.2 Å². The predicted octanol–water partition coefficient (Wildman–Crippen LogP) is 6.07. The monoisotopic (exact) mass is 308 g/mol. The molecule has 0 aliphatic carbocycles. The predicted molar refractivity (Wildman–Crippen MR) is 92.6 cm³/mol. The van der Waals surface area contributed by atoms with E-state index in [9.17, 15) is 5.11 Å². The van der Waals surface area contributed by atoms with Gasteiger partial charge in [-0.25, -0.2) is 0 Å². The first kappa shape index (κ1) is 14.6. The van der Waals surface area contributed by atoms with Gasteiger partial charge in [-0.05, 0) is 29.3 Å². The number of hydrogen-bond acceptors (Lipinski definition) is 4. The van der Waals surface area contributed by atoms with Crippen molar-refractivity contribution < 1.29 is 5.11 Å². The molecule has 0 spiro atoms. The molecule has 0 saturated heterocycles. The average molecular weight is 308 g/mol. The Hall–Kier alpha value is -2.33. The molecule has 0 radical (unpaired) electrons. The topological polar surface area (TPSA) is 45.0 Å². The van der Waals surface area contributed by atoms with Gasteiger partial charge in [-0.3, -0.25) is 0 Å². The number of rotatable bonds is 4. The fraction of sp³-hybridized carbons (Fsp3) is 0.111. The van der Waals surface area contributed by atoms with Gasteiger partial charge in [-0.1, -0.05) is 49.4 Å². The number of fused-ring (bicyclic) bond motifs is 1. The standard InChI is InChI=1S/C18H16N2OS/c1-2-22-17-10-6-5-9-15(17)19-20-18-14-8-4-3-7-13(14)11-12-16(18)21/h3-12,21H,2H2,1H3. The first-order valence-corrected chi connectivity index (χ1v) is 8.12. The molecule has 0 heterocycles. The summed E-state index contributed by atoms with van der Waals surface area (Å²) in [7, 11) is 0. The van der Waals surface area contributed by atoms with E-state index in [1.54, 1.807) is 17.8 Å².